The van der Waals surface area contributed by atoms with Gasteiger partial charge in [-0.25, -0.2) is 4.68 Å². The van der Waals surface area contributed by atoms with Gasteiger partial charge in [-0.3, -0.25) is 0 Å². The first-order valence-electron chi connectivity index (χ1n) is 6.87. The van der Waals surface area contributed by atoms with Crippen LogP contribution in [0, 0.1) is 6.92 Å². The molecule has 0 saturated heterocycles. The quantitative estimate of drug-likeness (QED) is 0.886. The van der Waals surface area contributed by atoms with Crippen LogP contribution in [-0.4, -0.2) is 9.78 Å². The highest BCUT2D eigenvalue weighted by atomic mass is 15.3. The normalized spacial score (nSPS) is 15.3. The molecule has 2 aromatic rings. The molecule has 0 amide bonds. The molecular formula is C16H19N3. The number of aryl methyl sites for hydroxylation is 1. The Morgan fingerprint density at radius 1 is 1.16 bits per heavy atom. The second kappa shape index (κ2) is 4.92. The Labute approximate surface area is 113 Å². The Hall–Kier alpha value is -2.03. The molecule has 0 aliphatic heterocycles. The first kappa shape index (κ1) is 12.0. The molecule has 1 aliphatic rings. The molecule has 0 spiro atoms. The highest BCUT2D eigenvalue weighted by Crippen LogP contribution is 2.33. The van der Waals surface area contributed by atoms with E-state index in [1.54, 1.807) is 0 Å². The summed E-state index contributed by atoms with van der Waals surface area (Å²) in [5, 5.41) is 4.61. The van der Waals surface area contributed by atoms with E-state index in [1.807, 2.05) is 41.9 Å². The van der Waals surface area contributed by atoms with Crippen molar-refractivity contribution in [2.24, 2.45) is 0 Å². The van der Waals surface area contributed by atoms with Crippen molar-refractivity contribution in [2.45, 2.75) is 32.6 Å². The molecule has 0 unspecified atom stereocenters. The summed E-state index contributed by atoms with van der Waals surface area (Å²) in [6, 6.07) is 10.1. The largest absolute Gasteiger partial charge is 0.383 e. The van der Waals surface area contributed by atoms with E-state index in [1.165, 1.54) is 18.4 Å². The second-order valence-electron chi connectivity index (χ2n) is 5.07. The topological polar surface area (TPSA) is 43.8 Å². The fraction of sp³-hybridized carbons (Fsp3) is 0.312. The third-order valence-electron chi connectivity index (χ3n) is 3.71. The number of para-hydroxylation sites is 1. The molecule has 1 aliphatic carbocycles. The standard InChI is InChI=1S/C16H19N3/c1-12-15(13-8-4-2-5-9-13)16(17)19(18-12)14-10-6-3-7-11-14/h3,6-8,10-11H,2,4-5,9,17H2,1H3. The monoisotopic (exact) mass is 253 g/mol. The third kappa shape index (κ3) is 2.16. The van der Waals surface area contributed by atoms with Crippen molar-refractivity contribution in [1.82, 2.24) is 9.78 Å². The van der Waals surface area contributed by atoms with Crippen LogP contribution >= 0.6 is 0 Å². The fourth-order valence-electron chi connectivity index (χ4n) is 2.77. The van der Waals surface area contributed by atoms with E-state index >= 15 is 0 Å². The lowest BCUT2D eigenvalue weighted by atomic mass is 9.93. The molecule has 1 heterocycles. The van der Waals surface area contributed by atoms with Gasteiger partial charge in [0.15, 0.2) is 0 Å². The maximum absolute atomic E-state index is 6.33. The summed E-state index contributed by atoms with van der Waals surface area (Å²) >= 11 is 0. The Morgan fingerprint density at radius 2 is 1.95 bits per heavy atom. The Kier molecular flexibility index (Phi) is 3.11. The van der Waals surface area contributed by atoms with Crippen molar-refractivity contribution >= 4 is 11.4 Å². The predicted molar refractivity (Wildman–Crippen MR) is 79.2 cm³/mol. The molecular weight excluding hydrogens is 234 g/mol. The number of rotatable bonds is 2. The average Bonchev–Trinajstić information content (AvgIpc) is 2.76. The van der Waals surface area contributed by atoms with Crippen LogP contribution < -0.4 is 5.73 Å². The van der Waals surface area contributed by atoms with Crippen molar-refractivity contribution in [3.05, 3.63) is 47.7 Å². The van der Waals surface area contributed by atoms with E-state index in [4.69, 9.17) is 5.73 Å². The predicted octanol–water partition coefficient (Wildman–Crippen LogP) is 3.72. The zero-order valence-corrected chi connectivity index (χ0v) is 11.3. The van der Waals surface area contributed by atoms with Gasteiger partial charge in [0.05, 0.1) is 11.4 Å². The van der Waals surface area contributed by atoms with Gasteiger partial charge in [-0.05, 0) is 50.3 Å². The van der Waals surface area contributed by atoms with E-state index in [-0.39, 0.29) is 0 Å². The van der Waals surface area contributed by atoms with Gasteiger partial charge in [-0.15, -0.1) is 0 Å². The number of nitrogens with two attached hydrogens (primary N) is 1. The smallest absolute Gasteiger partial charge is 0.135 e. The Bertz CT molecular complexity index is 608. The summed E-state index contributed by atoms with van der Waals surface area (Å²) in [4.78, 5) is 0. The van der Waals surface area contributed by atoms with Gasteiger partial charge >= 0.3 is 0 Å². The number of benzene rings is 1. The maximum Gasteiger partial charge on any atom is 0.135 e. The fourth-order valence-corrected chi connectivity index (χ4v) is 2.77. The molecule has 0 radical (unpaired) electrons. The van der Waals surface area contributed by atoms with Crippen molar-refractivity contribution in [2.75, 3.05) is 5.73 Å². The Morgan fingerprint density at radius 3 is 2.63 bits per heavy atom. The van der Waals surface area contributed by atoms with Crippen LogP contribution in [0.3, 0.4) is 0 Å². The summed E-state index contributed by atoms with van der Waals surface area (Å²) in [5.41, 5.74) is 10.9. The van der Waals surface area contributed by atoms with Gasteiger partial charge in [-0.2, -0.15) is 5.10 Å². The molecule has 3 rings (SSSR count). The van der Waals surface area contributed by atoms with Crippen LogP contribution in [0.5, 0.6) is 0 Å². The van der Waals surface area contributed by atoms with Crippen molar-refractivity contribution in [3.8, 4) is 5.69 Å². The lowest BCUT2D eigenvalue weighted by Gasteiger charge is -2.13. The van der Waals surface area contributed by atoms with Gasteiger partial charge in [0, 0.05) is 5.56 Å². The van der Waals surface area contributed by atoms with Gasteiger partial charge in [0.2, 0.25) is 0 Å². The zero-order valence-electron chi connectivity index (χ0n) is 11.3. The SMILES string of the molecule is Cc1nn(-c2ccccc2)c(N)c1C1=CCCCC1. The van der Waals surface area contributed by atoms with E-state index < -0.39 is 0 Å². The first-order chi connectivity index (χ1) is 9.27. The number of anilines is 1. The summed E-state index contributed by atoms with van der Waals surface area (Å²) in [7, 11) is 0. The molecule has 19 heavy (non-hydrogen) atoms. The summed E-state index contributed by atoms with van der Waals surface area (Å²) in [5.74, 6) is 0.761. The molecule has 0 saturated carbocycles. The first-order valence-corrected chi connectivity index (χ1v) is 6.87. The highest BCUT2D eigenvalue weighted by molar-refractivity contribution is 5.76. The lowest BCUT2D eigenvalue weighted by molar-refractivity contribution is 0.742. The molecule has 2 N–H and O–H groups in total. The molecule has 1 aromatic carbocycles. The van der Waals surface area contributed by atoms with Crippen LogP contribution in [0.1, 0.15) is 36.9 Å². The molecule has 3 nitrogen and oxygen atoms in total. The molecule has 1 aromatic heterocycles. The van der Waals surface area contributed by atoms with Crippen LogP contribution in [0.25, 0.3) is 11.3 Å². The third-order valence-corrected chi connectivity index (χ3v) is 3.71. The van der Waals surface area contributed by atoms with Gasteiger partial charge in [0.25, 0.3) is 0 Å². The summed E-state index contributed by atoms with van der Waals surface area (Å²) in [6.45, 7) is 2.04. The molecule has 98 valence electrons. The molecule has 0 bridgehead atoms. The number of aromatic nitrogens is 2. The van der Waals surface area contributed by atoms with Crippen LogP contribution in [-0.2, 0) is 0 Å². The Balaban J connectivity index is 2.08. The van der Waals surface area contributed by atoms with Crippen LogP contribution in [0.2, 0.25) is 0 Å². The van der Waals surface area contributed by atoms with Crippen LogP contribution in [0.4, 0.5) is 5.82 Å². The minimum Gasteiger partial charge on any atom is -0.383 e. The number of hydrogen-bond donors (Lipinski definition) is 1. The number of allylic oxidation sites excluding steroid dienone is 2. The van der Waals surface area contributed by atoms with E-state index in [0.717, 1.165) is 35.6 Å². The average molecular weight is 253 g/mol. The number of hydrogen-bond acceptors (Lipinski definition) is 2. The van der Waals surface area contributed by atoms with Gasteiger partial charge in [-0.1, -0.05) is 24.3 Å². The highest BCUT2D eigenvalue weighted by Gasteiger charge is 2.18. The van der Waals surface area contributed by atoms with Crippen LogP contribution in [0.15, 0.2) is 36.4 Å². The van der Waals surface area contributed by atoms with E-state index in [0.29, 0.717) is 0 Å². The maximum atomic E-state index is 6.33. The van der Waals surface area contributed by atoms with Gasteiger partial charge in [0.1, 0.15) is 5.82 Å². The minimum atomic E-state index is 0.761. The lowest BCUT2D eigenvalue weighted by Crippen LogP contribution is -2.03. The number of nitrogen functional groups attached to an aromatic ring is 1. The van der Waals surface area contributed by atoms with Crippen molar-refractivity contribution < 1.29 is 0 Å². The summed E-state index contributed by atoms with van der Waals surface area (Å²) in [6.07, 6.45) is 7.13. The number of nitrogens with zero attached hydrogens (tertiary/aromatic N) is 2. The zero-order chi connectivity index (χ0) is 13.2. The van der Waals surface area contributed by atoms with E-state index in [9.17, 15) is 0 Å². The molecule has 0 atom stereocenters. The molecule has 0 fully saturated rings. The second-order valence-corrected chi connectivity index (χ2v) is 5.07. The van der Waals surface area contributed by atoms with Gasteiger partial charge < -0.3 is 5.73 Å². The molecule has 3 heteroatoms. The minimum absolute atomic E-state index is 0.761. The summed E-state index contributed by atoms with van der Waals surface area (Å²) < 4.78 is 1.85. The van der Waals surface area contributed by atoms with Crippen molar-refractivity contribution in [1.29, 1.82) is 0 Å². The van der Waals surface area contributed by atoms with E-state index in [2.05, 4.69) is 11.2 Å². The van der Waals surface area contributed by atoms with Crippen molar-refractivity contribution in [3.63, 3.8) is 0 Å².